The van der Waals surface area contributed by atoms with E-state index >= 15 is 0 Å². The van der Waals surface area contributed by atoms with Gasteiger partial charge in [0.2, 0.25) is 10.0 Å². The third-order valence-electron chi connectivity index (χ3n) is 5.13. The molecule has 1 N–H and O–H groups in total. The summed E-state index contributed by atoms with van der Waals surface area (Å²) in [6, 6.07) is 35.4. The quantitative estimate of drug-likeness (QED) is 0.354. The lowest BCUT2D eigenvalue weighted by atomic mass is 10.3. The SMILES string of the molecule is CNS(=O)(=O)c1ccc(Br)cc1N=P(c1ccccc1)(c1ccccc1)c1ccccc1. The summed E-state index contributed by atoms with van der Waals surface area (Å²) in [5, 5.41) is 3.14. The van der Waals surface area contributed by atoms with E-state index in [0.717, 1.165) is 20.4 Å². The zero-order valence-corrected chi connectivity index (χ0v) is 20.7. The lowest BCUT2D eigenvalue weighted by molar-refractivity contribution is 0.588. The molecule has 0 aromatic heterocycles. The number of sulfonamides is 1. The molecule has 0 saturated heterocycles. The number of nitrogens with zero attached hydrogens (tertiary/aromatic N) is 1. The van der Waals surface area contributed by atoms with E-state index in [-0.39, 0.29) is 4.90 Å². The van der Waals surface area contributed by atoms with E-state index in [1.54, 1.807) is 18.2 Å². The Balaban J connectivity index is 2.20. The molecule has 0 unspecified atom stereocenters. The van der Waals surface area contributed by atoms with Crippen molar-refractivity contribution in [3.8, 4) is 0 Å². The second kappa shape index (κ2) is 9.55. The van der Waals surface area contributed by atoms with Gasteiger partial charge in [-0.25, -0.2) is 13.1 Å². The zero-order valence-electron chi connectivity index (χ0n) is 17.4. The van der Waals surface area contributed by atoms with E-state index in [4.69, 9.17) is 4.74 Å². The molecule has 0 radical (unpaired) electrons. The molecule has 0 amide bonds. The fourth-order valence-corrected chi connectivity index (χ4v) is 8.42. The maximum atomic E-state index is 12.9. The van der Waals surface area contributed by atoms with Crippen LogP contribution in [0, 0.1) is 0 Å². The number of benzene rings is 4. The summed E-state index contributed by atoms with van der Waals surface area (Å²) in [4.78, 5) is 0.148. The predicted octanol–water partition coefficient (Wildman–Crippen LogP) is 5.17. The molecule has 4 aromatic carbocycles. The Morgan fingerprint density at radius 3 is 1.56 bits per heavy atom. The van der Waals surface area contributed by atoms with Crippen molar-refractivity contribution in [2.24, 2.45) is 4.74 Å². The van der Waals surface area contributed by atoms with Crippen LogP contribution in [0.4, 0.5) is 5.69 Å². The number of hydrogen-bond donors (Lipinski definition) is 1. The fourth-order valence-electron chi connectivity index (χ4n) is 3.62. The Morgan fingerprint density at radius 1 is 0.719 bits per heavy atom. The minimum atomic E-state index is -3.71. The van der Waals surface area contributed by atoms with Crippen molar-refractivity contribution in [2.75, 3.05) is 7.05 Å². The van der Waals surface area contributed by atoms with E-state index in [0.29, 0.717) is 5.69 Å². The highest BCUT2D eigenvalue weighted by Crippen LogP contribution is 2.50. The van der Waals surface area contributed by atoms with Gasteiger partial charge in [0.05, 0.1) is 12.7 Å². The molecule has 7 heteroatoms. The highest BCUT2D eigenvalue weighted by Gasteiger charge is 2.29. The predicted molar refractivity (Wildman–Crippen MR) is 138 cm³/mol. The van der Waals surface area contributed by atoms with Gasteiger partial charge in [-0.1, -0.05) is 107 Å². The monoisotopic (exact) mass is 524 g/mol. The zero-order chi connectivity index (χ0) is 22.6. The van der Waals surface area contributed by atoms with Crippen molar-refractivity contribution in [1.82, 2.24) is 4.72 Å². The summed E-state index contributed by atoms with van der Waals surface area (Å²) in [5.74, 6) is 0. The average molecular weight is 525 g/mol. The first kappa shape index (κ1) is 22.7. The van der Waals surface area contributed by atoms with Crippen LogP contribution in [0.3, 0.4) is 0 Å². The van der Waals surface area contributed by atoms with Gasteiger partial charge in [-0.15, -0.1) is 0 Å². The molecule has 4 rings (SSSR count). The van der Waals surface area contributed by atoms with Crippen LogP contribution < -0.4 is 20.6 Å². The molecule has 0 atom stereocenters. The minimum Gasteiger partial charge on any atom is -0.252 e. The van der Waals surface area contributed by atoms with Gasteiger partial charge in [-0.2, -0.15) is 0 Å². The van der Waals surface area contributed by atoms with Crippen LogP contribution in [0.1, 0.15) is 0 Å². The summed E-state index contributed by atoms with van der Waals surface area (Å²) in [6.45, 7) is 0. The van der Waals surface area contributed by atoms with Crippen molar-refractivity contribution >= 4 is 54.6 Å². The number of nitrogens with one attached hydrogen (secondary N) is 1. The molecule has 162 valence electrons. The Bertz CT molecular complexity index is 1270. The van der Waals surface area contributed by atoms with Crippen molar-refractivity contribution in [2.45, 2.75) is 4.90 Å². The average Bonchev–Trinajstić information content (AvgIpc) is 2.84. The van der Waals surface area contributed by atoms with Gasteiger partial charge < -0.3 is 0 Å². The van der Waals surface area contributed by atoms with Gasteiger partial charge in [0.15, 0.2) is 0 Å². The van der Waals surface area contributed by atoms with Crippen LogP contribution in [-0.2, 0) is 10.0 Å². The van der Waals surface area contributed by atoms with Gasteiger partial charge in [-0.3, -0.25) is 4.74 Å². The first-order valence-corrected chi connectivity index (χ1v) is 14.0. The first-order chi connectivity index (χ1) is 15.5. The molecule has 0 saturated carbocycles. The molecule has 0 aliphatic carbocycles. The lowest BCUT2D eigenvalue weighted by Gasteiger charge is -2.27. The minimum absolute atomic E-state index is 0.148. The van der Waals surface area contributed by atoms with Gasteiger partial charge in [0, 0.05) is 20.4 Å². The second-order valence-corrected chi connectivity index (χ2v) is 12.9. The van der Waals surface area contributed by atoms with E-state index in [9.17, 15) is 8.42 Å². The van der Waals surface area contributed by atoms with Crippen LogP contribution >= 0.6 is 23.0 Å². The number of hydrogen-bond acceptors (Lipinski definition) is 3. The molecule has 0 aliphatic rings. The molecule has 0 bridgehead atoms. The Labute approximate surface area is 197 Å². The number of halogens is 1. The van der Waals surface area contributed by atoms with Gasteiger partial charge >= 0.3 is 0 Å². The second-order valence-electron chi connectivity index (χ2n) is 7.06. The molecular weight excluding hydrogens is 503 g/mol. The maximum absolute atomic E-state index is 12.9. The fraction of sp³-hybridized carbons (Fsp3) is 0.0400. The molecular formula is C25H22BrN2O2PS. The topological polar surface area (TPSA) is 58.5 Å². The highest BCUT2D eigenvalue weighted by atomic mass is 79.9. The summed E-state index contributed by atoms with van der Waals surface area (Å²) in [7, 11) is -4.89. The number of rotatable bonds is 6. The molecule has 0 fully saturated rings. The highest BCUT2D eigenvalue weighted by molar-refractivity contribution is 9.10. The third-order valence-corrected chi connectivity index (χ3v) is 10.7. The van der Waals surface area contributed by atoms with Crippen LogP contribution in [0.2, 0.25) is 0 Å². The smallest absolute Gasteiger partial charge is 0.242 e. The normalized spacial score (nSPS) is 11.8. The molecule has 4 aromatic rings. The first-order valence-electron chi connectivity index (χ1n) is 10.00. The van der Waals surface area contributed by atoms with Gasteiger partial charge in [0.25, 0.3) is 0 Å². The molecule has 0 heterocycles. The lowest BCUT2D eigenvalue weighted by Crippen LogP contribution is -2.25. The van der Waals surface area contributed by atoms with Crippen molar-refractivity contribution in [1.29, 1.82) is 0 Å². The van der Waals surface area contributed by atoms with Crippen LogP contribution in [-0.4, -0.2) is 15.5 Å². The van der Waals surface area contributed by atoms with Crippen molar-refractivity contribution < 1.29 is 8.42 Å². The summed E-state index contributed by atoms with van der Waals surface area (Å²) in [6.07, 6.45) is 0. The standard InChI is InChI=1S/C25H22BrN2O2PS/c1-27-32(29,30)25-18-17-20(26)19-24(25)28-31(21-11-5-2-6-12-21,22-13-7-3-8-14-22)23-15-9-4-10-16-23/h2-19,27H,1H3. The Kier molecular flexibility index (Phi) is 6.77. The van der Waals surface area contributed by atoms with E-state index in [1.807, 2.05) is 54.6 Å². The van der Waals surface area contributed by atoms with Crippen molar-refractivity contribution in [3.63, 3.8) is 0 Å². The Hall–Kier alpha value is -2.50. The van der Waals surface area contributed by atoms with Crippen LogP contribution in [0.5, 0.6) is 0 Å². The molecule has 0 aliphatic heterocycles. The van der Waals surface area contributed by atoms with Gasteiger partial charge in [-0.05, 0) is 25.2 Å². The largest absolute Gasteiger partial charge is 0.252 e. The molecule has 32 heavy (non-hydrogen) atoms. The van der Waals surface area contributed by atoms with Gasteiger partial charge in [0.1, 0.15) is 4.90 Å². The van der Waals surface area contributed by atoms with E-state index in [1.165, 1.54) is 7.05 Å². The van der Waals surface area contributed by atoms with E-state index in [2.05, 4.69) is 57.1 Å². The molecule has 0 spiro atoms. The van der Waals surface area contributed by atoms with Crippen molar-refractivity contribution in [3.05, 3.63) is 114 Å². The summed E-state index contributed by atoms with van der Waals surface area (Å²) in [5.41, 5.74) is 0.415. The maximum Gasteiger partial charge on any atom is 0.242 e. The van der Waals surface area contributed by atoms with Crippen LogP contribution in [0.25, 0.3) is 0 Å². The molecule has 4 nitrogen and oxygen atoms in total. The third kappa shape index (κ3) is 4.37. The Morgan fingerprint density at radius 2 is 1.16 bits per heavy atom. The van der Waals surface area contributed by atoms with Crippen LogP contribution in [0.15, 0.2) is 123 Å². The van der Waals surface area contributed by atoms with E-state index < -0.39 is 17.1 Å². The summed E-state index contributed by atoms with van der Waals surface area (Å²) >= 11 is 3.50. The summed E-state index contributed by atoms with van der Waals surface area (Å²) < 4.78 is 34.2.